The number of carbonyl (C=O) groups is 1. The van der Waals surface area contributed by atoms with Crippen molar-refractivity contribution < 1.29 is 9.53 Å². The predicted molar refractivity (Wildman–Crippen MR) is 158 cm³/mol. The second-order valence-electron chi connectivity index (χ2n) is 11.4. The van der Waals surface area contributed by atoms with Gasteiger partial charge in [-0.2, -0.15) is 0 Å². The lowest BCUT2D eigenvalue weighted by molar-refractivity contribution is -0.119. The van der Waals surface area contributed by atoms with E-state index >= 15 is 0 Å². The summed E-state index contributed by atoms with van der Waals surface area (Å²) in [4.78, 5) is 26.4. The zero-order valence-corrected chi connectivity index (χ0v) is 24.7. The van der Waals surface area contributed by atoms with Crippen molar-refractivity contribution in [1.82, 2.24) is 14.9 Å². The van der Waals surface area contributed by atoms with Gasteiger partial charge in [0, 0.05) is 30.7 Å². The lowest BCUT2D eigenvalue weighted by atomic mass is 10.0. The first kappa shape index (κ1) is 28.6. The number of carbonyl (C=O) groups excluding carboxylic acids is 1. The minimum Gasteiger partial charge on any atom is -0.488 e. The third kappa shape index (κ3) is 6.25. The lowest BCUT2D eigenvalue weighted by Gasteiger charge is -2.45. The first-order chi connectivity index (χ1) is 18.5. The zero-order chi connectivity index (χ0) is 28.4. The monoisotopic (exact) mass is 529 g/mol. The summed E-state index contributed by atoms with van der Waals surface area (Å²) in [7, 11) is 0. The minimum atomic E-state index is -0.300. The highest BCUT2D eigenvalue weighted by atomic mass is 16.5. The fourth-order valence-electron chi connectivity index (χ4n) is 5.46. The second kappa shape index (κ2) is 11.7. The van der Waals surface area contributed by atoms with Crippen LogP contribution in [0.15, 0.2) is 36.4 Å². The third-order valence-corrected chi connectivity index (χ3v) is 7.89. The summed E-state index contributed by atoms with van der Waals surface area (Å²) in [6.45, 7) is 19.1. The van der Waals surface area contributed by atoms with Crippen molar-refractivity contribution in [1.29, 1.82) is 0 Å². The van der Waals surface area contributed by atoms with Crippen molar-refractivity contribution in [2.24, 2.45) is 5.73 Å². The van der Waals surface area contributed by atoms with Gasteiger partial charge in [-0.25, -0.2) is 9.97 Å². The molecule has 0 spiro atoms. The van der Waals surface area contributed by atoms with Crippen molar-refractivity contribution >= 4 is 11.7 Å². The average Bonchev–Trinajstić information content (AvgIpc) is 2.85. The highest BCUT2D eigenvalue weighted by Gasteiger charge is 2.33. The molecule has 1 aliphatic heterocycles. The van der Waals surface area contributed by atoms with E-state index in [2.05, 4.69) is 102 Å². The first-order valence-corrected chi connectivity index (χ1v) is 13.9. The van der Waals surface area contributed by atoms with Crippen LogP contribution in [0.5, 0.6) is 5.75 Å². The number of hydrogen-bond acceptors (Lipinski definition) is 6. The molecule has 0 saturated carbocycles. The van der Waals surface area contributed by atoms with E-state index < -0.39 is 0 Å². The van der Waals surface area contributed by atoms with Crippen LogP contribution in [-0.2, 0) is 11.4 Å². The fraction of sp³-hybridized carbons (Fsp3) is 0.469. The van der Waals surface area contributed by atoms with Gasteiger partial charge in [0.25, 0.3) is 0 Å². The predicted octanol–water partition coefficient (Wildman–Crippen LogP) is 5.46. The first-order valence-electron chi connectivity index (χ1n) is 13.9. The Morgan fingerprint density at radius 3 is 2.33 bits per heavy atom. The van der Waals surface area contributed by atoms with Crippen LogP contribution in [-0.4, -0.2) is 52.5 Å². The van der Waals surface area contributed by atoms with Crippen molar-refractivity contribution in [2.75, 3.05) is 24.5 Å². The summed E-state index contributed by atoms with van der Waals surface area (Å²) in [6.07, 6.45) is 0. The molecule has 3 aromatic rings. The van der Waals surface area contributed by atoms with Gasteiger partial charge in [-0.1, -0.05) is 44.2 Å². The number of primary amides is 1. The van der Waals surface area contributed by atoms with Gasteiger partial charge in [0.15, 0.2) is 5.82 Å². The summed E-state index contributed by atoms with van der Waals surface area (Å²) >= 11 is 0. The quantitative estimate of drug-likeness (QED) is 0.417. The van der Waals surface area contributed by atoms with Crippen molar-refractivity contribution in [2.45, 2.75) is 80.0 Å². The molecule has 0 aliphatic carbocycles. The fourth-order valence-corrected chi connectivity index (χ4v) is 5.46. The van der Waals surface area contributed by atoms with Crippen molar-refractivity contribution in [3.8, 4) is 17.1 Å². The van der Waals surface area contributed by atoms with Gasteiger partial charge in [-0.05, 0) is 75.8 Å². The molecule has 2 aromatic carbocycles. The van der Waals surface area contributed by atoms with E-state index in [1.165, 1.54) is 5.56 Å². The van der Waals surface area contributed by atoms with E-state index in [1.54, 1.807) is 0 Å². The van der Waals surface area contributed by atoms with Crippen LogP contribution in [0.25, 0.3) is 11.4 Å². The molecule has 0 unspecified atom stereocenters. The number of hydrogen-bond donors (Lipinski definition) is 1. The molecule has 4 rings (SSSR count). The minimum absolute atomic E-state index is 0.130. The van der Waals surface area contributed by atoms with E-state index in [0.29, 0.717) is 12.5 Å². The maximum Gasteiger partial charge on any atom is 0.231 e. The van der Waals surface area contributed by atoms with E-state index in [9.17, 15) is 4.79 Å². The maximum absolute atomic E-state index is 11.7. The zero-order valence-electron chi connectivity index (χ0n) is 24.7. The molecule has 1 fully saturated rings. The van der Waals surface area contributed by atoms with Gasteiger partial charge in [0.2, 0.25) is 5.91 Å². The number of aromatic nitrogens is 2. The Balaban J connectivity index is 1.77. The van der Waals surface area contributed by atoms with Gasteiger partial charge < -0.3 is 15.4 Å². The highest BCUT2D eigenvalue weighted by Crippen LogP contribution is 2.33. The Labute approximate surface area is 233 Å². The normalized spacial score (nSPS) is 18.0. The van der Waals surface area contributed by atoms with Crippen LogP contribution in [0.1, 0.15) is 67.1 Å². The van der Waals surface area contributed by atoms with Crippen LogP contribution < -0.4 is 15.4 Å². The van der Waals surface area contributed by atoms with Crippen LogP contribution in [0.2, 0.25) is 0 Å². The Morgan fingerprint density at radius 1 is 1.00 bits per heavy atom. The Hall–Kier alpha value is -3.45. The molecule has 0 bridgehead atoms. The summed E-state index contributed by atoms with van der Waals surface area (Å²) in [5.74, 6) is 2.64. The standard InChI is InChI=1S/C32H43N5O2/c1-19(2)26-13-12-20(3)28(14-26)39-18-27-25(8)34-31(30-21(4)10-9-11-22(30)5)35-32(27)37-16-23(6)36(15-24(37)7)17-29(33)38/h9-14,19,23-24H,15-18H2,1-8H3,(H2,33,38)/t23-,24+/m0/s1. The molecular formula is C32H43N5O2. The lowest BCUT2D eigenvalue weighted by Crippen LogP contribution is -2.58. The van der Waals surface area contributed by atoms with Gasteiger partial charge in [0.05, 0.1) is 17.8 Å². The summed E-state index contributed by atoms with van der Waals surface area (Å²) < 4.78 is 6.48. The Bertz CT molecular complexity index is 1330. The summed E-state index contributed by atoms with van der Waals surface area (Å²) in [5, 5.41) is 0. The number of benzene rings is 2. The molecule has 2 N–H and O–H groups in total. The maximum atomic E-state index is 11.7. The second-order valence-corrected chi connectivity index (χ2v) is 11.4. The molecule has 7 nitrogen and oxygen atoms in total. The van der Waals surface area contributed by atoms with Crippen molar-refractivity contribution in [3.05, 3.63) is 69.9 Å². The number of amides is 1. The molecule has 0 radical (unpaired) electrons. The van der Waals surface area contributed by atoms with E-state index in [0.717, 1.165) is 64.0 Å². The molecule has 1 aliphatic rings. The number of anilines is 1. The van der Waals surface area contributed by atoms with Gasteiger partial charge in [-0.15, -0.1) is 0 Å². The molecule has 2 heterocycles. The Morgan fingerprint density at radius 2 is 1.69 bits per heavy atom. The number of nitrogens with two attached hydrogens (primary N) is 1. The topological polar surface area (TPSA) is 84.6 Å². The SMILES string of the molecule is Cc1ccc(C(C)C)cc1OCc1c(C)nc(-c2c(C)cccc2C)nc1N1C[C@H](C)N(CC(N)=O)C[C@H]1C. The number of rotatable bonds is 8. The highest BCUT2D eigenvalue weighted by molar-refractivity contribution is 5.76. The number of piperazine rings is 1. The Kier molecular flexibility index (Phi) is 8.60. The van der Waals surface area contributed by atoms with Gasteiger partial charge >= 0.3 is 0 Å². The van der Waals surface area contributed by atoms with Crippen molar-refractivity contribution in [3.63, 3.8) is 0 Å². The average molecular weight is 530 g/mol. The molecule has 208 valence electrons. The van der Waals surface area contributed by atoms with Gasteiger partial charge in [0.1, 0.15) is 18.2 Å². The summed E-state index contributed by atoms with van der Waals surface area (Å²) in [5.41, 5.74) is 13.2. The van der Waals surface area contributed by atoms with Crippen LogP contribution in [0, 0.1) is 27.7 Å². The number of aryl methyl sites for hydroxylation is 4. The summed E-state index contributed by atoms with van der Waals surface area (Å²) in [6, 6.07) is 13.0. The molecule has 1 amide bonds. The van der Waals surface area contributed by atoms with Crippen LogP contribution in [0.3, 0.4) is 0 Å². The molecular weight excluding hydrogens is 486 g/mol. The molecule has 1 aromatic heterocycles. The van der Waals surface area contributed by atoms with Gasteiger partial charge in [-0.3, -0.25) is 9.69 Å². The smallest absolute Gasteiger partial charge is 0.231 e. The van der Waals surface area contributed by atoms with E-state index in [4.69, 9.17) is 20.4 Å². The molecule has 39 heavy (non-hydrogen) atoms. The molecule has 7 heteroatoms. The van der Waals surface area contributed by atoms with Crippen LogP contribution >= 0.6 is 0 Å². The number of nitrogens with zero attached hydrogens (tertiary/aromatic N) is 4. The number of ether oxygens (including phenoxy) is 1. The van der Waals surface area contributed by atoms with E-state index in [1.807, 2.05) is 0 Å². The third-order valence-electron chi connectivity index (χ3n) is 7.89. The molecule has 1 saturated heterocycles. The molecule has 2 atom stereocenters. The van der Waals surface area contributed by atoms with Crippen LogP contribution in [0.4, 0.5) is 5.82 Å². The van der Waals surface area contributed by atoms with E-state index in [-0.39, 0.29) is 24.5 Å². The largest absolute Gasteiger partial charge is 0.488 e.